The molecule has 0 radical (unpaired) electrons. The number of rotatable bonds is 9. The van der Waals surface area contributed by atoms with Crippen molar-refractivity contribution in [3.63, 3.8) is 0 Å². The monoisotopic (exact) mass is 568 g/mol. The number of benzene rings is 6. The van der Waals surface area contributed by atoms with Gasteiger partial charge in [-0.15, -0.1) is 0 Å². The number of carboxylic acid groups (broad SMARTS) is 3. The zero-order valence-corrected chi connectivity index (χ0v) is 23.2. The molecular weight excluding hydrogens is 540 g/mol. The van der Waals surface area contributed by atoms with Crippen molar-refractivity contribution >= 4 is 50.2 Å². The van der Waals surface area contributed by atoms with E-state index < -0.39 is 17.9 Å². The molecule has 0 aliphatic rings. The molecule has 6 aromatic rings. The van der Waals surface area contributed by atoms with Crippen molar-refractivity contribution in [3.8, 4) is 0 Å². The van der Waals surface area contributed by atoms with Gasteiger partial charge in [0.05, 0.1) is 16.7 Å². The molecule has 43 heavy (non-hydrogen) atoms. The van der Waals surface area contributed by atoms with Gasteiger partial charge in [0, 0.05) is 0 Å². The number of fused-ring (bicyclic) bond motifs is 3. The third-order valence-electron chi connectivity index (χ3n) is 8.18. The van der Waals surface area contributed by atoms with Gasteiger partial charge in [0.1, 0.15) is 0 Å². The highest BCUT2D eigenvalue weighted by molar-refractivity contribution is 5.97. The smallest absolute Gasteiger partial charge is 0.335 e. The Bertz CT molecular complexity index is 1820. The van der Waals surface area contributed by atoms with E-state index in [4.69, 9.17) is 0 Å². The topological polar surface area (TPSA) is 112 Å². The normalized spacial score (nSPS) is 11.4. The van der Waals surface area contributed by atoms with Crippen LogP contribution in [0, 0.1) is 5.92 Å². The lowest BCUT2D eigenvalue weighted by Gasteiger charge is -2.21. The van der Waals surface area contributed by atoms with Crippen LogP contribution in [0.25, 0.3) is 32.3 Å². The van der Waals surface area contributed by atoms with E-state index >= 15 is 0 Å². The molecule has 0 saturated carbocycles. The molecule has 0 fully saturated rings. The molecule has 0 aromatic heterocycles. The van der Waals surface area contributed by atoms with Crippen LogP contribution in [0.5, 0.6) is 0 Å². The second-order valence-corrected chi connectivity index (χ2v) is 11.0. The summed E-state index contributed by atoms with van der Waals surface area (Å²) >= 11 is 0. The summed E-state index contributed by atoms with van der Waals surface area (Å²) in [7, 11) is 0. The molecule has 6 aromatic carbocycles. The lowest BCUT2D eigenvalue weighted by atomic mass is 9.83. The summed E-state index contributed by atoms with van der Waals surface area (Å²) in [6, 6.07) is 33.4. The second kappa shape index (κ2) is 11.4. The summed E-state index contributed by atoms with van der Waals surface area (Å²) in [5.41, 5.74) is 3.72. The van der Waals surface area contributed by atoms with Crippen LogP contribution in [0.2, 0.25) is 0 Å². The molecule has 0 heterocycles. The summed E-state index contributed by atoms with van der Waals surface area (Å²) in [5.74, 6) is -2.92. The molecule has 212 valence electrons. The molecule has 0 atom stereocenters. The van der Waals surface area contributed by atoms with Gasteiger partial charge in [-0.05, 0) is 111 Å². The number of hydrogen-bond acceptors (Lipinski definition) is 3. The number of carbonyl (C=O) groups is 3. The first-order chi connectivity index (χ1) is 20.8. The van der Waals surface area contributed by atoms with E-state index in [0.717, 1.165) is 49.0 Å². The Balaban J connectivity index is 1.47. The lowest BCUT2D eigenvalue weighted by molar-refractivity contribution is 0.0686. The highest BCUT2D eigenvalue weighted by atomic mass is 16.4. The third kappa shape index (κ3) is 5.68. The summed E-state index contributed by atoms with van der Waals surface area (Å²) < 4.78 is 0. The van der Waals surface area contributed by atoms with Gasteiger partial charge < -0.3 is 15.3 Å². The van der Waals surface area contributed by atoms with E-state index in [1.54, 1.807) is 36.4 Å². The van der Waals surface area contributed by atoms with Crippen molar-refractivity contribution in [2.75, 3.05) is 0 Å². The Morgan fingerprint density at radius 1 is 0.442 bits per heavy atom. The first-order valence-electron chi connectivity index (χ1n) is 14.0. The molecule has 0 unspecified atom stereocenters. The van der Waals surface area contributed by atoms with E-state index in [2.05, 4.69) is 0 Å². The highest BCUT2D eigenvalue weighted by Gasteiger charge is 2.18. The van der Waals surface area contributed by atoms with Gasteiger partial charge in [-0.25, -0.2) is 14.4 Å². The Labute approximate surface area is 247 Å². The first-order valence-corrected chi connectivity index (χ1v) is 14.0. The molecule has 6 rings (SSSR count). The molecule has 0 saturated heterocycles. The molecule has 6 nitrogen and oxygen atoms in total. The van der Waals surface area contributed by atoms with Crippen molar-refractivity contribution in [3.05, 3.63) is 143 Å². The summed E-state index contributed by atoms with van der Waals surface area (Å²) in [5, 5.41) is 34.4. The van der Waals surface area contributed by atoms with Crippen molar-refractivity contribution in [1.29, 1.82) is 0 Å². The maximum absolute atomic E-state index is 11.8. The quantitative estimate of drug-likeness (QED) is 0.164. The second-order valence-electron chi connectivity index (χ2n) is 11.0. The maximum Gasteiger partial charge on any atom is 0.335 e. The fraction of sp³-hybridized carbons (Fsp3) is 0.108. The summed E-state index contributed by atoms with van der Waals surface area (Å²) in [6.45, 7) is 0. The minimum Gasteiger partial charge on any atom is -0.478 e. The Kier molecular flexibility index (Phi) is 7.34. The summed E-state index contributed by atoms with van der Waals surface area (Å²) in [6.07, 6.45) is 1.89. The van der Waals surface area contributed by atoms with Crippen molar-refractivity contribution in [1.82, 2.24) is 0 Å². The molecule has 3 N–H and O–H groups in total. The van der Waals surface area contributed by atoms with Gasteiger partial charge in [0.25, 0.3) is 0 Å². The largest absolute Gasteiger partial charge is 0.478 e. The van der Waals surface area contributed by atoms with Crippen LogP contribution in [0.15, 0.2) is 109 Å². The number of aromatic carboxylic acids is 3. The standard InChI is InChI=1S/C37H28O6/c38-35(39)29-13-10-23-4-1-7-26(32(23)19-29)16-22(17-27-8-2-5-24-11-14-30(36(40)41)20-33(24)27)18-28-9-3-6-25-12-15-31(37(42)43)21-34(25)28/h1-15,19-22H,16-18H2,(H,38,39)(H,40,41)(H,42,43). The fourth-order valence-electron chi connectivity index (χ4n) is 6.09. The zero-order chi connectivity index (χ0) is 30.1. The average molecular weight is 569 g/mol. The summed E-state index contributed by atoms with van der Waals surface area (Å²) in [4.78, 5) is 35.3. The van der Waals surface area contributed by atoms with Crippen molar-refractivity contribution < 1.29 is 29.7 Å². The zero-order valence-electron chi connectivity index (χ0n) is 23.2. The van der Waals surface area contributed by atoms with Crippen LogP contribution in [0.4, 0.5) is 0 Å². The van der Waals surface area contributed by atoms with E-state index in [1.807, 2.05) is 72.8 Å². The van der Waals surface area contributed by atoms with Gasteiger partial charge in [-0.1, -0.05) is 72.8 Å². The molecular formula is C37H28O6. The minimum absolute atomic E-state index is 0.0252. The van der Waals surface area contributed by atoms with E-state index in [1.165, 1.54) is 0 Å². The highest BCUT2D eigenvalue weighted by Crippen LogP contribution is 2.31. The van der Waals surface area contributed by atoms with Crippen molar-refractivity contribution in [2.24, 2.45) is 5.92 Å². The van der Waals surface area contributed by atoms with E-state index in [0.29, 0.717) is 19.3 Å². The molecule has 6 heteroatoms. The minimum atomic E-state index is -0.983. The van der Waals surface area contributed by atoms with Crippen LogP contribution in [-0.2, 0) is 19.3 Å². The average Bonchev–Trinajstić information content (AvgIpc) is 3.00. The molecule has 0 spiro atoms. The SMILES string of the molecule is O=C(O)c1ccc2cccc(CC(Cc3cccc4ccc(C(=O)O)cc34)Cc3cccc4ccc(C(=O)O)cc34)c2c1. The number of carboxylic acids is 3. The van der Waals surface area contributed by atoms with Gasteiger partial charge in [-0.2, -0.15) is 0 Å². The Hall–Kier alpha value is -5.49. The molecule has 0 aliphatic carbocycles. The lowest BCUT2D eigenvalue weighted by Crippen LogP contribution is -2.13. The maximum atomic E-state index is 11.8. The Morgan fingerprint density at radius 2 is 0.744 bits per heavy atom. The van der Waals surface area contributed by atoms with Crippen LogP contribution < -0.4 is 0 Å². The van der Waals surface area contributed by atoms with Gasteiger partial charge >= 0.3 is 17.9 Å². The first kappa shape index (κ1) is 27.7. The van der Waals surface area contributed by atoms with E-state index in [9.17, 15) is 29.7 Å². The van der Waals surface area contributed by atoms with Gasteiger partial charge in [0.2, 0.25) is 0 Å². The Morgan fingerprint density at radius 3 is 1.02 bits per heavy atom. The van der Waals surface area contributed by atoms with Crippen LogP contribution in [-0.4, -0.2) is 33.2 Å². The van der Waals surface area contributed by atoms with Gasteiger partial charge in [0.15, 0.2) is 0 Å². The van der Waals surface area contributed by atoms with Gasteiger partial charge in [-0.3, -0.25) is 0 Å². The predicted octanol–water partition coefficient (Wildman–Crippen LogP) is 7.88. The van der Waals surface area contributed by atoms with E-state index in [-0.39, 0.29) is 22.6 Å². The fourth-order valence-corrected chi connectivity index (χ4v) is 6.09. The van der Waals surface area contributed by atoms with Crippen molar-refractivity contribution in [2.45, 2.75) is 19.3 Å². The van der Waals surface area contributed by atoms with Crippen LogP contribution in [0.3, 0.4) is 0 Å². The third-order valence-corrected chi connectivity index (χ3v) is 8.18. The molecule has 0 aliphatic heterocycles. The molecule has 0 bridgehead atoms. The van der Waals surface area contributed by atoms with Crippen LogP contribution >= 0.6 is 0 Å². The number of hydrogen-bond donors (Lipinski definition) is 3. The molecule has 0 amide bonds. The van der Waals surface area contributed by atoms with Crippen LogP contribution in [0.1, 0.15) is 47.8 Å². The predicted molar refractivity (Wildman–Crippen MR) is 167 cm³/mol.